The smallest absolute Gasteiger partial charge is 0.0717 e. The third kappa shape index (κ3) is 5.82. The quantitative estimate of drug-likeness (QED) is 0.159. The van der Waals surface area contributed by atoms with Crippen molar-refractivity contribution in [3.8, 4) is 67.0 Å². The van der Waals surface area contributed by atoms with Gasteiger partial charge in [-0.15, -0.1) is 0 Å². The molecule has 0 aliphatic heterocycles. The Labute approximate surface area is 337 Å². The molecule has 0 fully saturated rings. The van der Waals surface area contributed by atoms with Gasteiger partial charge < -0.3 is 0 Å². The summed E-state index contributed by atoms with van der Waals surface area (Å²) in [6.07, 6.45) is 3.75. The number of pyridine rings is 2. The monoisotopic (exact) mass is 736 g/mol. The van der Waals surface area contributed by atoms with Crippen molar-refractivity contribution in [1.29, 1.82) is 0 Å². The Hall–Kier alpha value is -7.68. The highest BCUT2D eigenvalue weighted by atomic mass is 14.7. The summed E-state index contributed by atoms with van der Waals surface area (Å²) in [5.41, 5.74) is 13.6. The van der Waals surface area contributed by atoms with E-state index < -0.39 is 0 Å². The summed E-state index contributed by atoms with van der Waals surface area (Å²) in [7, 11) is 0. The third-order valence-corrected chi connectivity index (χ3v) is 11.6. The molecule has 0 N–H and O–H groups in total. The largest absolute Gasteiger partial charge is 0.256 e. The van der Waals surface area contributed by atoms with Gasteiger partial charge in [-0.1, -0.05) is 176 Å². The Kier molecular flexibility index (Phi) is 8.19. The van der Waals surface area contributed by atoms with Gasteiger partial charge in [-0.3, -0.25) is 9.97 Å². The van der Waals surface area contributed by atoms with Crippen LogP contribution in [0.1, 0.15) is 0 Å². The summed E-state index contributed by atoms with van der Waals surface area (Å²) in [6, 6.07) is 74.6. The molecule has 11 rings (SSSR count). The van der Waals surface area contributed by atoms with Crippen molar-refractivity contribution in [2.45, 2.75) is 0 Å². The number of rotatable bonds is 6. The van der Waals surface area contributed by atoms with Crippen LogP contribution in [0.3, 0.4) is 0 Å². The molecule has 2 heteroatoms. The van der Waals surface area contributed by atoms with Crippen molar-refractivity contribution in [3.63, 3.8) is 0 Å². The molecule has 58 heavy (non-hydrogen) atoms. The van der Waals surface area contributed by atoms with Gasteiger partial charge in [0.2, 0.25) is 0 Å². The zero-order chi connectivity index (χ0) is 38.4. The van der Waals surface area contributed by atoms with Gasteiger partial charge in [0.1, 0.15) is 0 Å². The maximum absolute atomic E-state index is 4.97. The first kappa shape index (κ1) is 33.6. The minimum atomic E-state index is 0.914. The molecule has 0 spiro atoms. The van der Waals surface area contributed by atoms with Gasteiger partial charge in [-0.2, -0.15) is 0 Å². The van der Waals surface area contributed by atoms with E-state index in [4.69, 9.17) is 4.98 Å². The molecular weight excluding hydrogens is 701 g/mol. The van der Waals surface area contributed by atoms with Gasteiger partial charge >= 0.3 is 0 Å². The zero-order valence-electron chi connectivity index (χ0n) is 31.7. The minimum absolute atomic E-state index is 0.914. The van der Waals surface area contributed by atoms with E-state index in [1.54, 1.807) is 0 Å². The van der Waals surface area contributed by atoms with Crippen LogP contribution in [0.2, 0.25) is 0 Å². The zero-order valence-corrected chi connectivity index (χ0v) is 31.7. The average molecular weight is 737 g/mol. The van der Waals surface area contributed by atoms with E-state index in [9.17, 15) is 0 Å². The number of hydrogen-bond donors (Lipinski definition) is 0. The molecule has 2 nitrogen and oxygen atoms in total. The van der Waals surface area contributed by atoms with E-state index in [0.29, 0.717) is 0 Å². The lowest BCUT2D eigenvalue weighted by molar-refractivity contribution is 1.28. The summed E-state index contributed by atoms with van der Waals surface area (Å²) in [4.78, 5) is 9.51. The molecule has 9 aromatic carbocycles. The molecule has 0 saturated heterocycles. The van der Waals surface area contributed by atoms with E-state index in [-0.39, 0.29) is 0 Å². The maximum atomic E-state index is 4.97. The summed E-state index contributed by atoms with van der Waals surface area (Å²) >= 11 is 0. The lowest BCUT2D eigenvalue weighted by Crippen LogP contribution is -1.93. The Morgan fingerprint density at radius 1 is 0.259 bits per heavy atom. The second kappa shape index (κ2) is 14.1. The molecule has 2 heterocycles. The average Bonchev–Trinajstić information content (AvgIpc) is 3.31. The molecule has 0 amide bonds. The molecule has 270 valence electrons. The molecule has 0 aliphatic rings. The first-order valence-corrected chi connectivity index (χ1v) is 19.8. The Balaban J connectivity index is 1.10. The summed E-state index contributed by atoms with van der Waals surface area (Å²) in [5, 5.41) is 9.86. The topological polar surface area (TPSA) is 25.8 Å². The normalized spacial score (nSPS) is 11.4. The van der Waals surface area contributed by atoms with Crippen molar-refractivity contribution in [3.05, 3.63) is 219 Å². The highest BCUT2D eigenvalue weighted by molar-refractivity contribution is 6.22. The fraction of sp³-hybridized carbons (Fsp3) is 0. The molecule has 0 atom stereocenters. The molecule has 0 unspecified atom stereocenters. The summed E-state index contributed by atoms with van der Waals surface area (Å²) < 4.78 is 0. The Morgan fingerprint density at radius 2 is 0.707 bits per heavy atom. The van der Waals surface area contributed by atoms with E-state index in [1.165, 1.54) is 87.6 Å². The predicted molar refractivity (Wildman–Crippen MR) is 245 cm³/mol. The SMILES string of the molecule is c1ccc(-c2ccc(-c3ccc4c(-c5ccc(-c6cccc7ccccc67)cc5)c5ccccc5c(-c5ccc(-c6cccc7ccccc67)cc5)c4c3)nc2)nc1. The molecular formula is C56H36N2. The van der Waals surface area contributed by atoms with Crippen LogP contribution in [0.15, 0.2) is 219 Å². The lowest BCUT2D eigenvalue weighted by atomic mass is 9.84. The van der Waals surface area contributed by atoms with Gasteiger partial charge in [-0.05, 0) is 118 Å². The molecule has 2 aromatic heterocycles. The van der Waals surface area contributed by atoms with Crippen LogP contribution >= 0.6 is 0 Å². The Morgan fingerprint density at radius 3 is 1.26 bits per heavy atom. The van der Waals surface area contributed by atoms with Gasteiger partial charge in [0.25, 0.3) is 0 Å². The minimum Gasteiger partial charge on any atom is -0.256 e. The number of nitrogens with zero attached hydrogens (tertiary/aromatic N) is 2. The van der Waals surface area contributed by atoms with Crippen LogP contribution in [0, 0.1) is 0 Å². The van der Waals surface area contributed by atoms with Gasteiger partial charge in [0.15, 0.2) is 0 Å². The number of benzene rings is 9. The number of aromatic nitrogens is 2. The predicted octanol–water partition coefficient (Wildman–Crippen LogP) is 15.1. The fourth-order valence-corrected chi connectivity index (χ4v) is 8.80. The van der Waals surface area contributed by atoms with Crippen molar-refractivity contribution in [1.82, 2.24) is 9.97 Å². The van der Waals surface area contributed by atoms with Crippen molar-refractivity contribution in [2.24, 2.45) is 0 Å². The number of fused-ring (bicyclic) bond motifs is 4. The van der Waals surface area contributed by atoms with Gasteiger partial charge in [0, 0.05) is 23.5 Å². The van der Waals surface area contributed by atoms with Gasteiger partial charge in [-0.25, -0.2) is 0 Å². The van der Waals surface area contributed by atoms with Crippen LogP contribution < -0.4 is 0 Å². The highest BCUT2D eigenvalue weighted by Gasteiger charge is 2.19. The van der Waals surface area contributed by atoms with E-state index in [2.05, 4.69) is 193 Å². The van der Waals surface area contributed by atoms with Crippen LogP contribution in [-0.2, 0) is 0 Å². The first-order chi connectivity index (χ1) is 28.8. The van der Waals surface area contributed by atoms with E-state index in [1.807, 2.05) is 30.6 Å². The van der Waals surface area contributed by atoms with Crippen LogP contribution in [0.5, 0.6) is 0 Å². The molecule has 0 saturated carbocycles. The van der Waals surface area contributed by atoms with E-state index >= 15 is 0 Å². The third-order valence-electron chi connectivity index (χ3n) is 11.6. The van der Waals surface area contributed by atoms with Crippen LogP contribution in [-0.4, -0.2) is 9.97 Å². The summed E-state index contributed by atoms with van der Waals surface area (Å²) in [5.74, 6) is 0. The second-order valence-corrected chi connectivity index (χ2v) is 14.9. The van der Waals surface area contributed by atoms with Crippen molar-refractivity contribution < 1.29 is 0 Å². The fourth-order valence-electron chi connectivity index (χ4n) is 8.80. The highest BCUT2D eigenvalue weighted by Crippen LogP contribution is 2.46. The second-order valence-electron chi connectivity index (χ2n) is 14.9. The van der Waals surface area contributed by atoms with E-state index in [0.717, 1.165) is 22.5 Å². The molecule has 0 aliphatic carbocycles. The summed E-state index contributed by atoms with van der Waals surface area (Å²) in [6.45, 7) is 0. The first-order valence-electron chi connectivity index (χ1n) is 19.8. The van der Waals surface area contributed by atoms with Crippen LogP contribution in [0.4, 0.5) is 0 Å². The lowest BCUT2D eigenvalue weighted by Gasteiger charge is -2.19. The Bertz CT molecular complexity index is 3280. The van der Waals surface area contributed by atoms with Crippen molar-refractivity contribution in [2.75, 3.05) is 0 Å². The standard InChI is InChI=1S/C56H36N2/c1-3-15-45-37(11-1)13-9-19-47(45)39-22-26-41(27-23-39)55-49-17-5-6-18-50(49)56(42-28-24-40(25-29-42)48-20-10-14-38-12-2-4-16-46(38)48)52-35-43(30-32-51(52)55)54-33-31-44(36-58-54)53-21-7-8-34-57-53/h1-36H. The van der Waals surface area contributed by atoms with Crippen LogP contribution in [0.25, 0.3) is 110 Å². The van der Waals surface area contributed by atoms with Crippen molar-refractivity contribution >= 4 is 43.1 Å². The maximum Gasteiger partial charge on any atom is 0.0717 e. The number of hydrogen-bond acceptors (Lipinski definition) is 2. The molecule has 11 aromatic rings. The van der Waals surface area contributed by atoms with Gasteiger partial charge in [0.05, 0.1) is 11.4 Å². The molecule has 0 bridgehead atoms. The molecule has 0 radical (unpaired) electrons.